The molecule has 6 aromatic carbocycles. The van der Waals surface area contributed by atoms with Gasteiger partial charge < -0.3 is 0 Å². The smallest absolute Gasteiger partial charge is 0.164 e. The van der Waals surface area contributed by atoms with E-state index in [4.69, 9.17) is 15.0 Å². The van der Waals surface area contributed by atoms with Crippen molar-refractivity contribution in [3.05, 3.63) is 176 Å². The van der Waals surface area contributed by atoms with Crippen LogP contribution in [0.3, 0.4) is 0 Å². The van der Waals surface area contributed by atoms with Crippen molar-refractivity contribution in [3.63, 3.8) is 0 Å². The number of rotatable bonds is 7. The van der Waals surface area contributed by atoms with Gasteiger partial charge in [0.05, 0.1) is 0 Å². The molecule has 0 saturated heterocycles. The number of hydrogen-bond donors (Lipinski definition) is 0. The fraction of sp³-hybridized carbons (Fsp3) is 0. The highest BCUT2D eigenvalue weighted by molar-refractivity contribution is 5.82. The molecule has 226 valence electrons. The van der Waals surface area contributed by atoms with Crippen molar-refractivity contribution in [1.29, 1.82) is 0 Å². The molecule has 2 heterocycles. The molecule has 0 unspecified atom stereocenters. The monoisotopic (exact) mass is 615 g/mol. The molecule has 0 bridgehead atoms. The molecule has 0 aliphatic carbocycles. The highest BCUT2D eigenvalue weighted by Gasteiger charge is 2.15. The van der Waals surface area contributed by atoms with E-state index in [1.807, 2.05) is 72.8 Å². The second-order valence-electron chi connectivity index (χ2n) is 11.4. The third kappa shape index (κ3) is 6.13. The van der Waals surface area contributed by atoms with E-state index in [1.54, 1.807) is 12.4 Å². The summed E-state index contributed by atoms with van der Waals surface area (Å²) in [4.78, 5) is 23.8. The molecule has 8 rings (SSSR count). The predicted molar refractivity (Wildman–Crippen MR) is 193 cm³/mol. The van der Waals surface area contributed by atoms with Gasteiger partial charge in [-0.25, -0.2) is 24.9 Å². The van der Waals surface area contributed by atoms with Crippen molar-refractivity contribution >= 4 is 0 Å². The Morgan fingerprint density at radius 3 is 1.00 bits per heavy atom. The average Bonchev–Trinajstić information content (AvgIpc) is 3.19. The Bertz CT molecular complexity index is 2130. The van der Waals surface area contributed by atoms with Crippen molar-refractivity contribution < 1.29 is 0 Å². The van der Waals surface area contributed by atoms with Gasteiger partial charge in [0.15, 0.2) is 23.3 Å². The first-order valence-electron chi connectivity index (χ1n) is 15.8. The van der Waals surface area contributed by atoms with E-state index < -0.39 is 0 Å². The first-order chi connectivity index (χ1) is 23.8. The van der Waals surface area contributed by atoms with E-state index in [1.165, 1.54) is 11.1 Å². The van der Waals surface area contributed by atoms with Gasteiger partial charge >= 0.3 is 0 Å². The first kappa shape index (κ1) is 28.9. The Kier molecular flexibility index (Phi) is 7.83. The standard InChI is InChI=1S/C43H29N5/c1-4-11-30(12-5-1)31-17-19-32(20-18-31)37-27-38(33-21-23-36(24-22-33)40-44-25-10-26-45-40)29-39(28-37)43-47-41(34-13-6-2-7-14-34)46-42(48-43)35-15-8-3-9-16-35/h1-29H. The van der Waals surface area contributed by atoms with E-state index >= 15 is 0 Å². The molecule has 5 heteroatoms. The summed E-state index contributed by atoms with van der Waals surface area (Å²) in [5.41, 5.74) is 10.4. The van der Waals surface area contributed by atoms with Crippen LogP contribution in [0.25, 0.3) is 78.9 Å². The normalized spacial score (nSPS) is 10.9. The minimum atomic E-state index is 0.612. The Balaban J connectivity index is 1.28. The summed E-state index contributed by atoms with van der Waals surface area (Å²) < 4.78 is 0. The summed E-state index contributed by atoms with van der Waals surface area (Å²) in [5, 5.41) is 0. The Morgan fingerprint density at radius 2 is 0.542 bits per heavy atom. The molecule has 0 atom stereocenters. The number of benzene rings is 6. The van der Waals surface area contributed by atoms with Crippen LogP contribution < -0.4 is 0 Å². The summed E-state index contributed by atoms with van der Waals surface area (Å²) >= 11 is 0. The van der Waals surface area contributed by atoms with Crippen LogP contribution in [0.1, 0.15) is 0 Å². The average molecular weight is 616 g/mol. The molecule has 48 heavy (non-hydrogen) atoms. The lowest BCUT2D eigenvalue weighted by Crippen LogP contribution is -2.00. The van der Waals surface area contributed by atoms with Gasteiger partial charge in [-0.15, -0.1) is 0 Å². The summed E-state index contributed by atoms with van der Waals surface area (Å²) in [5.74, 6) is 2.57. The van der Waals surface area contributed by atoms with Gasteiger partial charge in [-0.05, 0) is 57.6 Å². The lowest BCUT2D eigenvalue weighted by molar-refractivity contribution is 1.07. The zero-order valence-electron chi connectivity index (χ0n) is 26.0. The maximum absolute atomic E-state index is 5.04. The molecule has 0 amide bonds. The zero-order chi connectivity index (χ0) is 32.1. The van der Waals surface area contributed by atoms with Gasteiger partial charge in [-0.1, -0.05) is 140 Å². The lowest BCUT2D eigenvalue weighted by Gasteiger charge is -2.13. The van der Waals surface area contributed by atoms with Crippen molar-refractivity contribution in [2.24, 2.45) is 0 Å². The molecule has 2 aromatic heterocycles. The van der Waals surface area contributed by atoms with Crippen LogP contribution in [-0.4, -0.2) is 24.9 Å². The van der Waals surface area contributed by atoms with E-state index in [0.717, 1.165) is 44.5 Å². The van der Waals surface area contributed by atoms with E-state index in [-0.39, 0.29) is 0 Å². The fourth-order valence-corrected chi connectivity index (χ4v) is 5.77. The van der Waals surface area contributed by atoms with Crippen molar-refractivity contribution in [2.45, 2.75) is 0 Å². The topological polar surface area (TPSA) is 64.5 Å². The van der Waals surface area contributed by atoms with Gasteiger partial charge in [0.2, 0.25) is 0 Å². The molecular weight excluding hydrogens is 587 g/mol. The highest BCUT2D eigenvalue weighted by atomic mass is 15.0. The Morgan fingerprint density at radius 1 is 0.229 bits per heavy atom. The Labute approximate surface area is 279 Å². The van der Waals surface area contributed by atoms with Crippen molar-refractivity contribution in [2.75, 3.05) is 0 Å². The fourth-order valence-electron chi connectivity index (χ4n) is 5.77. The van der Waals surface area contributed by atoms with Gasteiger partial charge in [0, 0.05) is 34.6 Å². The van der Waals surface area contributed by atoms with E-state index in [2.05, 4.69) is 101 Å². The summed E-state index contributed by atoms with van der Waals surface area (Å²) in [7, 11) is 0. The van der Waals surface area contributed by atoms with Crippen LogP contribution in [0.2, 0.25) is 0 Å². The SMILES string of the molecule is c1ccc(-c2ccc(-c3cc(-c4ccc(-c5ncccn5)cc4)cc(-c4nc(-c5ccccc5)nc(-c5ccccc5)n4)c3)cc2)cc1. The minimum absolute atomic E-state index is 0.612. The second kappa shape index (κ2) is 13.0. The van der Waals surface area contributed by atoms with E-state index in [0.29, 0.717) is 23.3 Å². The van der Waals surface area contributed by atoms with Crippen molar-refractivity contribution in [3.8, 4) is 78.9 Å². The molecule has 8 aromatic rings. The van der Waals surface area contributed by atoms with Crippen LogP contribution in [0.4, 0.5) is 0 Å². The predicted octanol–water partition coefficient (Wildman–Crippen LogP) is 10.3. The van der Waals surface area contributed by atoms with Crippen LogP contribution in [0, 0.1) is 0 Å². The third-order valence-corrected chi connectivity index (χ3v) is 8.26. The molecule has 0 spiro atoms. The molecule has 0 aliphatic heterocycles. The maximum Gasteiger partial charge on any atom is 0.164 e. The summed E-state index contributed by atoms with van der Waals surface area (Å²) in [6.07, 6.45) is 3.52. The summed E-state index contributed by atoms with van der Waals surface area (Å²) in [6.45, 7) is 0. The molecule has 0 aliphatic rings. The summed E-state index contributed by atoms with van der Waals surface area (Å²) in [6, 6.07) is 56.0. The van der Waals surface area contributed by atoms with E-state index in [9.17, 15) is 0 Å². The third-order valence-electron chi connectivity index (χ3n) is 8.26. The quantitative estimate of drug-likeness (QED) is 0.178. The number of nitrogens with zero attached hydrogens (tertiary/aromatic N) is 5. The van der Waals surface area contributed by atoms with Crippen LogP contribution in [0.5, 0.6) is 0 Å². The van der Waals surface area contributed by atoms with Gasteiger partial charge in [-0.3, -0.25) is 0 Å². The lowest BCUT2D eigenvalue weighted by atomic mass is 9.94. The molecular formula is C43H29N5. The largest absolute Gasteiger partial charge is 0.237 e. The molecule has 0 saturated carbocycles. The molecule has 0 fully saturated rings. The van der Waals surface area contributed by atoms with Crippen LogP contribution in [0.15, 0.2) is 176 Å². The molecule has 0 N–H and O–H groups in total. The maximum atomic E-state index is 5.04. The number of hydrogen-bond acceptors (Lipinski definition) is 5. The van der Waals surface area contributed by atoms with Crippen LogP contribution >= 0.6 is 0 Å². The molecule has 5 nitrogen and oxygen atoms in total. The van der Waals surface area contributed by atoms with Crippen molar-refractivity contribution in [1.82, 2.24) is 24.9 Å². The zero-order valence-corrected chi connectivity index (χ0v) is 26.0. The number of aromatic nitrogens is 5. The van der Waals surface area contributed by atoms with Gasteiger partial charge in [-0.2, -0.15) is 0 Å². The van der Waals surface area contributed by atoms with Crippen LogP contribution in [-0.2, 0) is 0 Å². The minimum Gasteiger partial charge on any atom is -0.237 e. The molecule has 0 radical (unpaired) electrons. The second-order valence-corrected chi connectivity index (χ2v) is 11.4. The Hall–Kier alpha value is -6.59. The highest BCUT2D eigenvalue weighted by Crippen LogP contribution is 2.35. The first-order valence-corrected chi connectivity index (χ1v) is 15.8. The van der Waals surface area contributed by atoms with Gasteiger partial charge in [0.25, 0.3) is 0 Å². The van der Waals surface area contributed by atoms with Gasteiger partial charge in [0.1, 0.15) is 0 Å².